The molecule has 0 aromatic rings. The molecule has 0 radical (unpaired) electrons. The van der Waals surface area contributed by atoms with Crippen molar-refractivity contribution >= 4 is 5.78 Å². The summed E-state index contributed by atoms with van der Waals surface area (Å²) in [4.78, 5) is 11.2. The van der Waals surface area contributed by atoms with Crippen molar-refractivity contribution in [3.63, 3.8) is 0 Å². The van der Waals surface area contributed by atoms with E-state index in [1.165, 1.54) is 0 Å². The number of carbonyl (C=O) groups excluding carboxylic acids is 1. The molecule has 0 aromatic heterocycles. The van der Waals surface area contributed by atoms with Gasteiger partial charge in [-0.1, -0.05) is 13.3 Å². The fraction of sp³-hybridized carbons (Fsp3) is 0.700. The molecule has 1 aliphatic carbocycles. The van der Waals surface area contributed by atoms with E-state index >= 15 is 0 Å². The second kappa shape index (κ2) is 3.57. The number of ketones is 1. The molecule has 11 heavy (non-hydrogen) atoms. The molecule has 0 unspecified atom stereocenters. The van der Waals surface area contributed by atoms with E-state index in [2.05, 4.69) is 12.8 Å². The Hall–Kier alpha value is -0.770. The lowest BCUT2D eigenvalue weighted by Crippen LogP contribution is -2.01. The van der Waals surface area contributed by atoms with Crippen molar-refractivity contribution in [2.24, 2.45) is 11.8 Å². The van der Waals surface area contributed by atoms with Crippen LogP contribution in [0.1, 0.15) is 32.6 Å². The Bertz CT molecular complexity index is 188. The number of Topliss-reactive ketones (excluding diaryl/α,β-unsaturated/α-hetero) is 1. The van der Waals surface area contributed by atoms with Crippen molar-refractivity contribution in [1.82, 2.24) is 0 Å². The van der Waals surface area contributed by atoms with Gasteiger partial charge in [0, 0.05) is 18.3 Å². The van der Waals surface area contributed by atoms with Gasteiger partial charge in [-0.25, -0.2) is 0 Å². The summed E-state index contributed by atoms with van der Waals surface area (Å²) in [6.45, 7) is 2.10. The average Bonchev–Trinajstić information content (AvgIpc) is 2.78. The van der Waals surface area contributed by atoms with Crippen molar-refractivity contribution in [3.8, 4) is 12.3 Å². The number of hydrogen-bond donors (Lipinski definition) is 0. The lowest BCUT2D eigenvalue weighted by molar-refractivity contribution is -0.120. The first-order chi connectivity index (χ1) is 5.29. The SMILES string of the molecule is C#C[C@H]1C[C@H]1C(=O)CCCC. The molecule has 1 aliphatic rings. The summed E-state index contributed by atoms with van der Waals surface area (Å²) >= 11 is 0. The standard InChI is InChI=1S/C10H14O/c1-3-5-6-10(11)9-7-8(9)4-2/h2,8-9H,3,5-7H2,1H3/t8-,9+/m0/s1. The molecule has 0 aliphatic heterocycles. The van der Waals surface area contributed by atoms with Crippen LogP contribution in [-0.2, 0) is 4.79 Å². The Balaban J connectivity index is 2.19. The number of unbranched alkanes of at least 4 members (excludes halogenated alkanes) is 1. The van der Waals surface area contributed by atoms with Gasteiger partial charge in [-0.15, -0.1) is 12.3 Å². The quantitative estimate of drug-likeness (QED) is 0.560. The van der Waals surface area contributed by atoms with Gasteiger partial charge in [0.2, 0.25) is 0 Å². The van der Waals surface area contributed by atoms with Gasteiger partial charge in [0.1, 0.15) is 5.78 Å². The summed E-state index contributed by atoms with van der Waals surface area (Å²) in [7, 11) is 0. The third-order valence-corrected chi connectivity index (χ3v) is 2.19. The van der Waals surface area contributed by atoms with Gasteiger partial charge in [0.15, 0.2) is 0 Å². The molecular formula is C10H14O. The number of rotatable bonds is 4. The molecule has 0 bridgehead atoms. The number of carbonyl (C=O) groups is 1. The summed E-state index contributed by atoms with van der Waals surface area (Å²) in [5, 5.41) is 0. The van der Waals surface area contributed by atoms with Crippen LogP contribution in [0, 0.1) is 24.2 Å². The van der Waals surface area contributed by atoms with Crippen LogP contribution in [0.5, 0.6) is 0 Å². The Labute approximate surface area is 68.2 Å². The van der Waals surface area contributed by atoms with Gasteiger partial charge >= 0.3 is 0 Å². The molecule has 2 atom stereocenters. The van der Waals surface area contributed by atoms with Crippen LogP contribution in [0.3, 0.4) is 0 Å². The largest absolute Gasteiger partial charge is 0.299 e. The van der Waals surface area contributed by atoms with E-state index in [0.29, 0.717) is 5.78 Å². The fourth-order valence-electron chi connectivity index (χ4n) is 1.27. The molecule has 1 heteroatoms. The second-order valence-corrected chi connectivity index (χ2v) is 3.19. The van der Waals surface area contributed by atoms with E-state index in [0.717, 1.165) is 25.7 Å². The van der Waals surface area contributed by atoms with E-state index in [-0.39, 0.29) is 11.8 Å². The molecule has 0 amide bonds. The van der Waals surface area contributed by atoms with Gasteiger partial charge in [0.05, 0.1) is 0 Å². The van der Waals surface area contributed by atoms with Crippen LogP contribution in [0.4, 0.5) is 0 Å². The van der Waals surface area contributed by atoms with Crippen LogP contribution in [0.25, 0.3) is 0 Å². The van der Waals surface area contributed by atoms with Crippen LogP contribution in [-0.4, -0.2) is 5.78 Å². The van der Waals surface area contributed by atoms with Crippen LogP contribution in [0.15, 0.2) is 0 Å². The Kier molecular flexibility index (Phi) is 2.70. The molecule has 1 nitrogen and oxygen atoms in total. The molecule has 1 saturated carbocycles. The lowest BCUT2D eigenvalue weighted by atomic mass is 10.1. The van der Waals surface area contributed by atoms with E-state index in [1.54, 1.807) is 0 Å². The summed E-state index contributed by atoms with van der Waals surface area (Å²) in [6, 6.07) is 0. The van der Waals surface area contributed by atoms with Crippen LogP contribution < -0.4 is 0 Å². The highest BCUT2D eigenvalue weighted by Gasteiger charge is 2.40. The summed E-state index contributed by atoms with van der Waals surface area (Å²) in [5.74, 6) is 3.52. The van der Waals surface area contributed by atoms with Gasteiger partial charge in [-0.3, -0.25) is 4.79 Å². The highest BCUT2D eigenvalue weighted by atomic mass is 16.1. The van der Waals surface area contributed by atoms with E-state index in [9.17, 15) is 4.79 Å². The van der Waals surface area contributed by atoms with E-state index in [1.807, 2.05) is 0 Å². The van der Waals surface area contributed by atoms with Gasteiger partial charge in [-0.05, 0) is 12.8 Å². The molecule has 0 spiro atoms. The predicted molar refractivity (Wildman–Crippen MR) is 45.0 cm³/mol. The minimum absolute atomic E-state index is 0.228. The predicted octanol–water partition coefficient (Wildman–Crippen LogP) is 2.02. The Morgan fingerprint density at radius 3 is 2.91 bits per heavy atom. The lowest BCUT2D eigenvalue weighted by Gasteiger charge is -1.94. The monoisotopic (exact) mass is 150 g/mol. The minimum atomic E-state index is 0.228. The summed E-state index contributed by atoms with van der Waals surface area (Å²) in [5.41, 5.74) is 0. The molecular weight excluding hydrogens is 136 g/mol. The van der Waals surface area contributed by atoms with Crippen molar-refractivity contribution in [2.45, 2.75) is 32.6 Å². The van der Waals surface area contributed by atoms with Crippen molar-refractivity contribution in [2.75, 3.05) is 0 Å². The van der Waals surface area contributed by atoms with E-state index in [4.69, 9.17) is 6.42 Å². The zero-order chi connectivity index (χ0) is 8.27. The highest BCUT2D eigenvalue weighted by molar-refractivity contribution is 5.84. The van der Waals surface area contributed by atoms with E-state index < -0.39 is 0 Å². The first-order valence-corrected chi connectivity index (χ1v) is 4.28. The number of terminal acetylenes is 1. The molecule has 0 saturated heterocycles. The van der Waals surface area contributed by atoms with Crippen molar-refractivity contribution in [3.05, 3.63) is 0 Å². The van der Waals surface area contributed by atoms with Gasteiger partial charge in [0.25, 0.3) is 0 Å². The molecule has 0 heterocycles. The molecule has 1 rings (SSSR count). The zero-order valence-electron chi connectivity index (χ0n) is 6.97. The maximum absolute atomic E-state index is 11.2. The third kappa shape index (κ3) is 2.08. The topological polar surface area (TPSA) is 17.1 Å². The maximum Gasteiger partial charge on any atom is 0.137 e. The molecule has 60 valence electrons. The van der Waals surface area contributed by atoms with Crippen LogP contribution >= 0.6 is 0 Å². The highest BCUT2D eigenvalue weighted by Crippen LogP contribution is 2.39. The Morgan fingerprint density at radius 1 is 1.73 bits per heavy atom. The van der Waals surface area contributed by atoms with Gasteiger partial charge < -0.3 is 0 Å². The summed E-state index contributed by atoms with van der Waals surface area (Å²) < 4.78 is 0. The normalized spacial score (nSPS) is 27.6. The first kappa shape index (κ1) is 8.33. The maximum atomic E-state index is 11.2. The van der Waals surface area contributed by atoms with Crippen molar-refractivity contribution < 1.29 is 4.79 Å². The summed E-state index contributed by atoms with van der Waals surface area (Å²) in [6.07, 6.45) is 8.98. The first-order valence-electron chi connectivity index (χ1n) is 4.28. The smallest absolute Gasteiger partial charge is 0.137 e. The van der Waals surface area contributed by atoms with Crippen molar-refractivity contribution in [1.29, 1.82) is 0 Å². The number of hydrogen-bond acceptors (Lipinski definition) is 1. The van der Waals surface area contributed by atoms with Crippen LogP contribution in [0.2, 0.25) is 0 Å². The third-order valence-electron chi connectivity index (χ3n) is 2.19. The van der Waals surface area contributed by atoms with Gasteiger partial charge in [-0.2, -0.15) is 0 Å². The average molecular weight is 150 g/mol. The molecule has 0 N–H and O–H groups in total. The minimum Gasteiger partial charge on any atom is -0.299 e. The zero-order valence-corrected chi connectivity index (χ0v) is 6.97. The Morgan fingerprint density at radius 2 is 2.45 bits per heavy atom. The second-order valence-electron chi connectivity index (χ2n) is 3.19. The molecule has 0 aromatic carbocycles. The fourth-order valence-corrected chi connectivity index (χ4v) is 1.27. The molecule has 1 fully saturated rings.